The maximum absolute atomic E-state index is 8.41. The van der Waals surface area contributed by atoms with Crippen molar-refractivity contribution in [3.05, 3.63) is 24.8 Å². The monoisotopic (exact) mass is 154 g/mol. The van der Waals surface area contributed by atoms with Crippen LogP contribution < -0.4 is 0 Å². The highest BCUT2D eigenvalue weighted by Gasteiger charge is 1.84. The lowest BCUT2D eigenvalue weighted by Gasteiger charge is -1.93. The third kappa shape index (κ3) is 9.44. The molecule has 1 heteroatoms. The van der Waals surface area contributed by atoms with Gasteiger partial charge < -0.3 is 5.11 Å². The summed E-state index contributed by atoms with van der Waals surface area (Å²) in [5, 5.41) is 8.41. The Labute approximate surface area is 69.4 Å². The van der Waals surface area contributed by atoms with E-state index in [2.05, 4.69) is 6.58 Å². The molecule has 0 saturated heterocycles. The average molecular weight is 154 g/mol. The molecule has 0 saturated carbocycles. The molecule has 0 unspecified atom stereocenters. The lowest BCUT2D eigenvalue weighted by Crippen LogP contribution is -1.75. The van der Waals surface area contributed by atoms with Crippen molar-refractivity contribution in [3.8, 4) is 0 Å². The molecule has 0 aromatic heterocycles. The molecular weight excluding hydrogens is 136 g/mol. The largest absolute Gasteiger partial charge is 0.392 e. The minimum atomic E-state index is 0.173. The maximum atomic E-state index is 8.41. The minimum absolute atomic E-state index is 0.173. The van der Waals surface area contributed by atoms with E-state index in [-0.39, 0.29) is 6.61 Å². The summed E-state index contributed by atoms with van der Waals surface area (Å²) >= 11 is 0. The summed E-state index contributed by atoms with van der Waals surface area (Å²) in [7, 11) is 0. The fourth-order valence-corrected chi connectivity index (χ4v) is 0.920. The lowest BCUT2D eigenvalue weighted by atomic mass is 10.1. The van der Waals surface area contributed by atoms with Crippen LogP contribution in [0.5, 0.6) is 0 Å². The van der Waals surface area contributed by atoms with Gasteiger partial charge in [-0.3, -0.25) is 0 Å². The Morgan fingerprint density at radius 2 is 1.73 bits per heavy atom. The Morgan fingerprint density at radius 3 is 2.36 bits per heavy atom. The molecule has 0 aromatic rings. The summed E-state index contributed by atoms with van der Waals surface area (Å²) in [6.07, 6.45) is 11.8. The molecule has 0 spiro atoms. The van der Waals surface area contributed by atoms with Crippen molar-refractivity contribution in [1.82, 2.24) is 0 Å². The third-order valence-corrected chi connectivity index (χ3v) is 1.55. The summed E-state index contributed by atoms with van der Waals surface area (Å²) in [4.78, 5) is 0. The zero-order valence-corrected chi connectivity index (χ0v) is 7.13. The van der Waals surface area contributed by atoms with E-state index in [0.29, 0.717) is 0 Å². The van der Waals surface area contributed by atoms with Crippen molar-refractivity contribution >= 4 is 0 Å². The quantitative estimate of drug-likeness (QED) is 0.441. The van der Waals surface area contributed by atoms with Crippen molar-refractivity contribution < 1.29 is 5.11 Å². The van der Waals surface area contributed by atoms with Gasteiger partial charge in [-0.05, 0) is 25.7 Å². The van der Waals surface area contributed by atoms with E-state index in [1.54, 1.807) is 6.08 Å². The van der Waals surface area contributed by atoms with Crippen LogP contribution in [0.3, 0.4) is 0 Å². The van der Waals surface area contributed by atoms with E-state index in [0.717, 1.165) is 12.8 Å². The number of aliphatic hydroxyl groups is 1. The van der Waals surface area contributed by atoms with Gasteiger partial charge in [0.1, 0.15) is 0 Å². The van der Waals surface area contributed by atoms with Crippen molar-refractivity contribution in [2.24, 2.45) is 0 Å². The van der Waals surface area contributed by atoms with Crippen LogP contribution in [-0.2, 0) is 0 Å². The molecule has 64 valence electrons. The zero-order valence-electron chi connectivity index (χ0n) is 7.13. The van der Waals surface area contributed by atoms with Crippen LogP contribution in [0.25, 0.3) is 0 Å². The number of hydrogen-bond acceptors (Lipinski definition) is 1. The summed E-state index contributed by atoms with van der Waals surface area (Å²) in [6.45, 7) is 3.83. The van der Waals surface area contributed by atoms with E-state index in [1.807, 2.05) is 12.2 Å². The van der Waals surface area contributed by atoms with Gasteiger partial charge in [-0.2, -0.15) is 0 Å². The van der Waals surface area contributed by atoms with Gasteiger partial charge in [0, 0.05) is 0 Å². The number of rotatable bonds is 7. The first-order chi connectivity index (χ1) is 5.41. The van der Waals surface area contributed by atoms with Crippen LogP contribution in [-0.4, -0.2) is 11.7 Å². The Bertz CT molecular complexity index is 105. The summed E-state index contributed by atoms with van der Waals surface area (Å²) in [5.41, 5.74) is 0. The van der Waals surface area contributed by atoms with Gasteiger partial charge in [0.25, 0.3) is 0 Å². The first kappa shape index (κ1) is 10.4. The van der Waals surface area contributed by atoms with Gasteiger partial charge in [-0.25, -0.2) is 0 Å². The predicted molar refractivity (Wildman–Crippen MR) is 49.5 cm³/mol. The van der Waals surface area contributed by atoms with E-state index in [9.17, 15) is 0 Å². The van der Waals surface area contributed by atoms with Crippen LogP contribution in [0, 0.1) is 0 Å². The van der Waals surface area contributed by atoms with E-state index >= 15 is 0 Å². The van der Waals surface area contributed by atoms with Gasteiger partial charge in [0.05, 0.1) is 6.61 Å². The van der Waals surface area contributed by atoms with Crippen LogP contribution in [0.2, 0.25) is 0 Å². The molecule has 1 N–H and O–H groups in total. The van der Waals surface area contributed by atoms with E-state index < -0.39 is 0 Å². The number of unbranched alkanes of at least 4 members (excludes halogenated alkanes) is 4. The van der Waals surface area contributed by atoms with Gasteiger partial charge >= 0.3 is 0 Å². The normalized spacial score (nSPS) is 10.6. The molecule has 0 atom stereocenters. The van der Waals surface area contributed by atoms with Gasteiger partial charge in [0.2, 0.25) is 0 Å². The molecule has 1 nitrogen and oxygen atoms in total. The summed E-state index contributed by atoms with van der Waals surface area (Å²) in [6, 6.07) is 0. The second-order valence-corrected chi connectivity index (χ2v) is 2.58. The summed E-state index contributed by atoms with van der Waals surface area (Å²) < 4.78 is 0. The molecule has 0 heterocycles. The molecule has 0 aliphatic heterocycles. The Hall–Kier alpha value is -0.560. The summed E-state index contributed by atoms with van der Waals surface area (Å²) in [5.74, 6) is 0. The van der Waals surface area contributed by atoms with Gasteiger partial charge in [0.15, 0.2) is 0 Å². The van der Waals surface area contributed by atoms with Crippen LogP contribution in [0.15, 0.2) is 24.8 Å². The molecule has 0 aliphatic carbocycles. The Balaban J connectivity index is 2.90. The van der Waals surface area contributed by atoms with Crippen molar-refractivity contribution in [2.75, 3.05) is 6.61 Å². The first-order valence-corrected chi connectivity index (χ1v) is 4.28. The third-order valence-electron chi connectivity index (χ3n) is 1.55. The highest BCUT2D eigenvalue weighted by molar-refractivity contribution is 4.80. The van der Waals surface area contributed by atoms with Gasteiger partial charge in [-0.1, -0.05) is 24.6 Å². The van der Waals surface area contributed by atoms with Gasteiger partial charge in [-0.15, -0.1) is 6.58 Å². The standard InChI is InChI=1S/C10H18O/c1-2-3-4-5-6-7-8-9-10-11/h2,8-9,11H,1,3-7,10H2. The lowest BCUT2D eigenvalue weighted by molar-refractivity contribution is 0.342. The maximum Gasteiger partial charge on any atom is 0.0612 e. The fraction of sp³-hybridized carbons (Fsp3) is 0.600. The van der Waals surface area contributed by atoms with E-state index in [1.165, 1.54) is 19.3 Å². The average Bonchev–Trinajstić information content (AvgIpc) is 2.03. The smallest absolute Gasteiger partial charge is 0.0612 e. The van der Waals surface area contributed by atoms with Crippen molar-refractivity contribution in [2.45, 2.75) is 32.1 Å². The van der Waals surface area contributed by atoms with Crippen LogP contribution >= 0.6 is 0 Å². The second-order valence-electron chi connectivity index (χ2n) is 2.58. The highest BCUT2D eigenvalue weighted by atomic mass is 16.2. The van der Waals surface area contributed by atoms with E-state index in [4.69, 9.17) is 5.11 Å². The Morgan fingerprint density at radius 1 is 1.00 bits per heavy atom. The molecule has 0 radical (unpaired) electrons. The predicted octanol–water partition coefficient (Wildman–Crippen LogP) is 2.67. The number of aliphatic hydroxyl groups excluding tert-OH is 1. The molecule has 0 aliphatic rings. The highest BCUT2D eigenvalue weighted by Crippen LogP contribution is 2.03. The molecule has 0 amide bonds. The minimum Gasteiger partial charge on any atom is -0.392 e. The SMILES string of the molecule is C=CCCCCCC=CCO. The Kier molecular flexibility index (Phi) is 8.96. The molecule has 0 bridgehead atoms. The number of hydrogen-bond donors (Lipinski definition) is 1. The molecule has 0 aromatic carbocycles. The van der Waals surface area contributed by atoms with Crippen molar-refractivity contribution in [1.29, 1.82) is 0 Å². The zero-order chi connectivity index (χ0) is 8.36. The molecule has 0 fully saturated rings. The topological polar surface area (TPSA) is 20.2 Å². The molecular formula is C10H18O. The van der Waals surface area contributed by atoms with Crippen LogP contribution in [0.1, 0.15) is 32.1 Å². The fourth-order valence-electron chi connectivity index (χ4n) is 0.920. The van der Waals surface area contributed by atoms with Crippen molar-refractivity contribution in [3.63, 3.8) is 0 Å². The van der Waals surface area contributed by atoms with Crippen LogP contribution in [0.4, 0.5) is 0 Å². The number of allylic oxidation sites excluding steroid dienone is 2. The second kappa shape index (κ2) is 9.44. The molecule has 0 rings (SSSR count). The first-order valence-electron chi connectivity index (χ1n) is 4.28. The molecule has 11 heavy (non-hydrogen) atoms.